The first kappa shape index (κ1) is 16.1. The molecule has 0 aliphatic rings. The topological polar surface area (TPSA) is 58.9 Å². The van der Waals surface area contributed by atoms with Crippen LogP contribution in [0.4, 0.5) is 0 Å². The van der Waals surface area contributed by atoms with Crippen LogP contribution in [0.25, 0.3) is 0 Å². The summed E-state index contributed by atoms with van der Waals surface area (Å²) in [5, 5.41) is 20.0. The Balaban J connectivity index is 3.00. The molecule has 1 rings (SSSR count). The van der Waals surface area contributed by atoms with Crippen LogP contribution < -0.4 is 9.47 Å². The molecule has 0 radical (unpaired) electrons. The molecule has 0 aromatic heterocycles. The van der Waals surface area contributed by atoms with Gasteiger partial charge in [0.2, 0.25) is 0 Å². The van der Waals surface area contributed by atoms with Gasteiger partial charge in [0.25, 0.3) is 0 Å². The first-order chi connectivity index (χ1) is 8.81. The third kappa shape index (κ3) is 4.00. The molecule has 0 bridgehead atoms. The standard InChI is InChI=1S/C14H21ClO4/c1-9(2)14(3,17)8-19-13-10(7-16)5-11(15)6-12(13)18-4/h5-6,9,16-17H,7-8H2,1-4H3. The first-order valence-electron chi connectivity index (χ1n) is 6.14. The van der Waals surface area contributed by atoms with Crippen molar-refractivity contribution >= 4 is 11.6 Å². The average molecular weight is 289 g/mol. The highest BCUT2D eigenvalue weighted by Crippen LogP contribution is 2.35. The number of benzene rings is 1. The van der Waals surface area contributed by atoms with E-state index in [9.17, 15) is 10.2 Å². The Bertz CT molecular complexity index is 404. The lowest BCUT2D eigenvalue weighted by atomic mass is 9.94. The van der Waals surface area contributed by atoms with E-state index in [-0.39, 0.29) is 19.1 Å². The summed E-state index contributed by atoms with van der Waals surface area (Å²) in [4.78, 5) is 0. The summed E-state index contributed by atoms with van der Waals surface area (Å²) in [5.74, 6) is 0.898. The van der Waals surface area contributed by atoms with Gasteiger partial charge < -0.3 is 19.7 Å². The minimum absolute atomic E-state index is 0.0448. The molecule has 0 amide bonds. The van der Waals surface area contributed by atoms with E-state index in [1.807, 2.05) is 13.8 Å². The fourth-order valence-corrected chi connectivity index (χ4v) is 1.67. The third-order valence-electron chi connectivity index (χ3n) is 3.24. The molecule has 1 unspecified atom stereocenters. The van der Waals surface area contributed by atoms with Gasteiger partial charge in [-0.3, -0.25) is 0 Å². The van der Waals surface area contributed by atoms with Gasteiger partial charge >= 0.3 is 0 Å². The Kier molecular flexibility index (Phi) is 5.47. The van der Waals surface area contributed by atoms with Gasteiger partial charge in [0.15, 0.2) is 11.5 Å². The number of rotatable bonds is 6. The summed E-state index contributed by atoms with van der Waals surface area (Å²) in [6.45, 7) is 5.43. The van der Waals surface area contributed by atoms with E-state index in [1.165, 1.54) is 7.11 Å². The maximum atomic E-state index is 10.2. The molecule has 108 valence electrons. The zero-order valence-electron chi connectivity index (χ0n) is 11.7. The Labute approximate surface area is 118 Å². The SMILES string of the molecule is COc1cc(Cl)cc(CO)c1OCC(C)(O)C(C)C. The number of hydrogen-bond acceptors (Lipinski definition) is 4. The zero-order chi connectivity index (χ0) is 14.6. The van der Waals surface area contributed by atoms with Crippen molar-refractivity contribution in [3.05, 3.63) is 22.7 Å². The van der Waals surface area contributed by atoms with E-state index in [0.717, 1.165) is 0 Å². The van der Waals surface area contributed by atoms with Crippen molar-refractivity contribution in [1.29, 1.82) is 0 Å². The van der Waals surface area contributed by atoms with Crippen molar-refractivity contribution in [2.45, 2.75) is 33.0 Å². The van der Waals surface area contributed by atoms with Gasteiger partial charge in [-0.2, -0.15) is 0 Å². The van der Waals surface area contributed by atoms with E-state index in [2.05, 4.69) is 0 Å². The molecule has 0 spiro atoms. The number of aliphatic hydroxyl groups excluding tert-OH is 1. The lowest BCUT2D eigenvalue weighted by Crippen LogP contribution is -2.38. The van der Waals surface area contributed by atoms with Crippen LogP contribution in [0.5, 0.6) is 11.5 Å². The quantitative estimate of drug-likeness (QED) is 0.845. The second-order valence-electron chi connectivity index (χ2n) is 5.05. The molecular weight excluding hydrogens is 268 g/mol. The number of halogens is 1. The van der Waals surface area contributed by atoms with Crippen molar-refractivity contribution in [3.63, 3.8) is 0 Å². The molecule has 0 heterocycles. The van der Waals surface area contributed by atoms with Crippen molar-refractivity contribution in [1.82, 2.24) is 0 Å². The molecule has 2 N–H and O–H groups in total. The fraction of sp³-hybridized carbons (Fsp3) is 0.571. The van der Waals surface area contributed by atoms with Crippen LogP contribution in [0.1, 0.15) is 26.3 Å². The van der Waals surface area contributed by atoms with Gasteiger partial charge in [0.05, 0.1) is 19.3 Å². The van der Waals surface area contributed by atoms with Crippen LogP contribution in [0.15, 0.2) is 12.1 Å². The summed E-state index contributed by atoms with van der Waals surface area (Å²) in [6.07, 6.45) is 0. The Morgan fingerprint density at radius 2 is 2.00 bits per heavy atom. The molecule has 5 heteroatoms. The molecule has 1 atom stereocenters. The summed E-state index contributed by atoms with van der Waals surface area (Å²) in [5.41, 5.74) is -0.430. The highest BCUT2D eigenvalue weighted by molar-refractivity contribution is 6.30. The van der Waals surface area contributed by atoms with E-state index in [1.54, 1.807) is 19.1 Å². The van der Waals surface area contributed by atoms with E-state index >= 15 is 0 Å². The van der Waals surface area contributed by atoms with Crippen LogP contribution in [0.3, 0.4) is 0 Å². The maximum Gasteiger partial charge on any atom is 0.166 e. The average Bonchev–Trinajstić information content (AvgIpc) is 2.35. The Hall–Kier alpha value is -0.970. The van der Waals surface area contributed by atoms with E-state index < -0.39 is 5.60 Å². The monoisotopic (exact) mass is 288 g/mol. The maximum absolute atomic E-state index is 10.2. The van der Waals surface area contributed by atoms with Crippen LogP contribution in [0, 0.1) is 5.92 Å². The minimum atomic E-state index is -0.961. The normalized spacial score (nSPS) is 14.3. The Morgan fingerprint density at radius 1 is 1.37 bits per heavy atom. The summed E-state index contributed by atoms with van der Waals surface area (Å²) < 4.78 is 10.8. The minimum Gasteiger partial charge on any atom is -0.493 e. The summed E-state index contributed by atoms with van der Waals surface area (Å²) in [6, 6.07) is 3.23. The van der Waals surface area contributed by atoms with Crippen LogP contribution in [0.2, 0.25) is 5.02 Å². The van der Waals surface area contributed by atoms with Crippen molar-refractivity contribution < 1.29 is 19.7 Å². The van der Waals surface area contributed by atoms with Crippen molar-refractivity contribution in [3.8, 4) is 11.5 Å². The first-order valence-corrected chi connectivity index (χ1v) is 6.52. The summed E-state index contributed by atoms with van der Waals surface area (Å²) in [7, 11) is 1.50. The van der Waals surface area contributed by atoms with Crippen LogP contribution >= 0.6 is 11.6 Å². The second-order valence-corrected chi connectivity index (χ2v) is 5.49. The zero-order valence-corrected chi connectivity index (χ0v) is 12.5. The number of methoxy groups -OCH3 is 1. The highest BCUT2D eigenvalue weighted by Gasteiger charge is 2.27. The lowest BCUT2D eigenvalue weighted by molar-refractivity contribution is -0.0276. The molecule has 0 fully saturated rings. The molecule has 1 aromatic rings. The van der Waals surface area contributed by atoms with Gasteiger partial charge in [-0.05, 0) is 18.9 Å². The van der Waals surface area contributed by atoms with Gasteiger partial charge in [-0.25, -0.2) is 0 Å². The van der Waals surface area contributed by atoms with Crippen LogP contribution in [-0.2, 0) is 6.61 Å². The lowest BCUT2D eigenvalue weighted by Gasteiger charge is -2.28. The summed E-state index contributed by atoms with van der Waals surface area (Å²) >= 11 is 5.92. The molecular formula is C14H21ClO4. The van der Waals surface area contributed by atoms with Crippen molar-refractivity contribution in [2.24, 2.45) is 5.92 Å². The Morgan fingerprint density at radius 3 is 2.47 bits per heavy atom. The molecule has 0 saturated carbocycles. The predicted octanol–water partition coefficient (Wildman–Crippen LogP) is 2.63. The van der Waals surface area contributed by atoms with E-state index in [0.29, 0.717) is 22.1 Å². The molecule has 4 nitrogen and oxygen atoms in total. The molecule has 19 heavy (non-hydrogen) atoms. The van der Waals surface area contributed by atoms with Crippen LogP contribution in [-0.4, -0.2) is 29.5 Å². The number of aliphatic hydroxyl groups is 2. The van der Waals surface area contributed by atoms with Gasteiger partial charge in [0, 0.05) is 16.7 Å². The van der Waals surface area contributed by atoms with Gasteiger partial charge in [-0.1, -0.05) is 25.4 Å². The van der Waals surface area contributed by atoms with Crippen molar-refractivity contribution in [2.75, 3.05) is 13.7 Å². The fourth-order valence-electron chi connectivity index (χ4n) is 1.44. The highest BCUT2D eigenvalue weighted by atomic mass is 35.5. The second kappa shape index (κ2) is 6.46. The van der Waals surface area contributed by atoms with Gasteiger partial charge in [-0.15, -0.1) is 0 Å². The van der Waals surface area contributed by atoms with E-state index in [4.69, 9.17) is 21.1 Å². The third-order valence-corrected chi connectivity index (χ3v) is 3.46. The molecule has 1 aromatic carbocycles. The molecule has 0 saturated heterocycles. The number of ether oxygens (including phenoxy) is 2. The molecule has 0 aliphatic heterocycles. The largest absolute Gasteiger partial charge is 0.493 e. The smallest absolute Gasteiger partial charge is 0.166 e. The molecule has 0 aliphatic carbocycles. The predicted molar refractivity (Wildman–Crippen MR) is 74.9 cm³/mol. The number of hydrogen-bond donors (Lipinski definition) is 2. The van der Waals surface area contributed by atoms with Gasteiger partial charge in [0.1, 0.15) is 6.61 Å².